The number of carbonyl (C=O) groups excluding carboxylic acids is 2. The highest BCUT2D eigenvalue weighted by Crippen LogP contribution is 2.49. The van der Waals surface area contributed by atoms with Crippen LogP contribution >= 0.6 is 0 Å². The van der Waals surface area contributed by atoms with Crippen LogP contribution in [0.1, 0.15) is 18.1 Å². The van der Waals surface area contributed by atoms with Crippen LogP contribution < -0.4 is 4.90 Å². The summed E-state index contributed by atoms with van der Waals surface area (Å²) in [5, 5.41) is 0. The summed E-state index contributed by atoms with van der Waals surface area (Å²) in [6.07, 6.45) is 2.22. The van der Waals surface area contributed by atoms with Crippen LogP contribution in [0.25, 0.3) is 0 Å². The lowest BCUT2D eigenvalue weighted by Crippen LogP contribution is -2.37. The summed E-state index contributed by atoms with van der Waals surface area (Å²) in [6.45, 7) is -0.250. The molecular weight excluding hydrogens is 301 g/mol. The van der Waals surface area contributed by atoms with E-state index in [0.717, 1.165) is 5.76 Å². The lowest BCUT2D eigenvalue weighted by molar-refractivity contribution is -0.140. The summed E-state index contributed by atoms with van der Waals surface area (Å²) < 4.78 is 23.4. The van der Waals surface area contributed by atoms with Crippen molar-refractivity contribution < 1.29 is 23.1 Å². The van der Waals surface area contributed by atoms with Crippen molar-refractivity contribution in [1.82, 2.24) is 0 Å². The standard InChI is InChI=1S/C17H16FNO4/c1-22-16(20)10-19(12-5-2-4-11(18)8-12)17(21)14-9-13(14)15-6-3-7-23-15/h2-8,13-14H,9-10H2,1H3/t13-,14+/m0/s1. The van der Waals surface area contributed by atoms with Crippen LogP contribution in [0.4, 0.5) is 10.1 Å². The van der Waals surface area contributed by atoms with Crippen LogP contribution in [0.15, 0.2) is 47.1 Å². The molecule has 0 saturated heterocycles. The molecule has 6 heteroatoms. The van der Waals surface area contributed by atoms with Gasteiger partial charge in [0, 0.05) is 17.5 Å². The second-order valence-electron chi connectivity index (χ2n) is 5.44. The molecule has 2 atom stereocenters. The van der Waals surface area contributed by atoms with Crippen molar-refractivity contribution >= 4 is 17.6 Å². The highest BCUT2D eigenvalue weighted by molar-refractivity contribution is 6.00. The van der Waals surface area contributed by atoms with Gasteiger partial charge in [0.1, 0.15) is 18.1 Å². The highest BCUT2D eigenvalue weighted by atomic mass is 19.1. The first kappa shape index (κ1) is 15.3. The molecule has 5 nitrogen and oxygen atoms in total. The topological polar surface area (TPSA) is 59.8 Å². The smallest absolute Gasteiger partial charge is 0.325 e. The van der Waals surface area contributed by atoms with Crippen LogP contribution in [-0.4, -0.2) is 25.5 Å². The lowest BCUT2D eigenvalue weighted by atomic mass is 10.2. The molecule has 23 heavy (non-hydrogen) atoms. The van der Waals surface area contributed by atoms with Gasteiger partial charge in [0.25, 0.3) is 0 Å². The molecule has 0 N–H and O–H groups in total. The zero-order valence-electron chi connectivity index (χ0n) is 12.6. The number of furan rings is 1. The van der Waals surface area contributed by atoms with E-state index >= 15 is 0 Å². The van der Waals surface area contributed by atoms with Crippen molar-refractivity contribution in [3.63, 3.8) is 0 Å². The summed E-state index contributed by atoms with van der Waals surface area (Å²) >= 11 is 0. The van der Waals surface area contributed by atoms with Gasteiger partial charge in [0.05, 0.1) is 13.4 Å². The largest absolute Gasteiger partial charge is 0.469 e. The Morgan fingerprint density at radius 1 is 1.35 bits per heavy atom. The van der Waals surface area contributed by atoms with E-state index in [-0.39, 0.29) is 24.3 Å². The van der Waals surface area contributed by atoms with E-state index in [4.69, 9.17) is 4.42 Å². The van der Waals surface area contributed by atoms with Crippen LogP contribution in [0.5, 0.6) is 0 Å². The zero-order valence-corrected chi connectivity index (χ0v) is 12.6. The number of carbonyl (C=O) groups is 2. The highest BCUT2D eigenvalue weighted by Gasteiger charge is 2.48. The van der Waals surface area contributed by atoms with Crippen LogP contribution in [0.3, 0.4) is 0 Å². The Balaban J connectivity index is 1.81. The minimum Gasteiger partial charge on any atom is -0.469 e. The third kappa shape index (κ3) is 3.26. The van der Waals surface area contributed by atoms with Gasteiger partial charge in [-0.05, 0) is 36.8 Å². The third-order valence-electron chi connectivity index (χ3n) is 3.92. The van der Waals surface area contributed by atoms with Gasteiger partial charge in [-0.25, -0.2) is 4.39 Å². The molecule has 1 heterocycles. The predicted octanol–water partition coefficient (Wildman–Crippen LogP) is 2.73. The maximum atomic E-state index is 13.5. The molecule has 2 aromatic rings. The maximum Gasteiger partial charge on any atom is 0.325 e. The fourth-order valence-corrected chi connectivity index (χ4v) is 2.62. The normalized spacial score (nSPS) is 19.2. The van der Waals surface area contributed by atoms with Gasteiger partial charge in [-0.15, -0.1) is 0 Å². The number of hydrogen-bond acceptors (Lipinski definition) is 4. The summed E-state index contributed by atoms with van der Waals surface area (Å²) in [4.78, 5) is 25.6. The zero-order chi connectivity index (χ0) is 16.4. The Morgan fingerprint density at radius 2 is 2.17 bits per heavy atom. The van der Waals surface area contributed by atoms with Crippen molar-refractivity contribution in [2.75, 3.05) is 18.6 Å². The van der Waals surface area contributed by atoms with Crippen molar-refractivity contribution in [1.29, 1.82) is 0 Å². The lowest BCUT2D eigenvalue weighted by Gasteiger charge is -2.21. The summed E-state index contributed by atoms with van der Waals surface area (Å²) in [5.74, 6) is -0.773. The average Bonchev–Trinajstić information content (AvgIpc) is 3.16. The molecule has 1 aromatic heterocycles. The first-order valence-electron chi connectivity index (χ1n) is 7.27. The maximum absolute atomic E-state index is 13.5. The van der Waals surface area contributed by atoms with E-state index < -0.39 is 11.8 Å². The fourth-order valence-electron chi connectivity index (χ4n) is 2.62. The molecule has 3 rings (SSSR count). The molecule has 0 unspecified atom stereocenters. The molecule has 1 aliphatic carbocycles. The first-order valence-corrected chi connectivity index (χ1v) is 7.27. The van der Waals surface area contributed by atoms with Crippen molar-refractivity contribution in [3.8, 4) is 0 Å². The number of esters is 1. The minimum atomic E-state index is -0.558. The molecule has 1 aliphatic rings. The van der Waals surface area contributed by atoms with E-state index in [1.165, 1.54) is 30.2 Å². The third-order valence-corrected chi connectivity index (χ3v) is 3.92. The minimum absolute atomic E-state index is 0.00575. The molecule has 1 aromatic carbocycles. The number of anilines is 1. The van der Waals surface area contributed by atoms with E-state index in [1.807, 2.05) is 6.07 Å². The monoisotopic (exact) mass is 317 g/mol. The van der Waals surface area contributed by atoms with Gasteiger partial charge >= 0.3 is 5.97 Å². The molecule has 0 bridgehead atoms. The predicted molar refractivity (Wildman–Crippen MR) is 80.3 cm³/mol. The summed E-state index contributed by atoms with van der Waals surface area (Å²) in [6, 6.07) is 9.20. The van der Waals surface area contributed by atoms with Gasteiger partial charge in [-0.2, -0.15) is 0 Å². The molecule has 120 valence electrons. The van der Waals surface area contributed by atoms with Crippen LogP contribution in [-0.2, 0) is 14.3 Å². The Bertz CT molecular complexity index is 713. The van der Waals surface area contributed by atoms with Crippen LogP contribution in [0.2, 0.25) is 0 Å². The van der Waals surface area contributed by atoms with Crippen molar-refractivity contribution in [2.24, 2.45) is 5.92 Å². The van der Waals surface area contributed by atoms with Gasteiger partial charge in [-0.3, -0.25) is 9.59 Å². The molecule has 1 saturated carbocycles. The molecular formula is C17H16FNO4. The number of ether oxygens (including phenoxy) is 1. The fraction of sp³-hybridized carbons (Fsp3) is 0.294. The molecule has 0 radical (unpaired) electrons. The SMILES string of the molecule is COC(=O)CN(C(=O)[C@@H]1C[C@@H]1c1ccco1)c1cccc(F)c1. The molecule has 0 aliphatic heterocycles. The Morgan fingerprint density at radius 3 is 2.83 bits per heavy atom. The Hall–Kier alpha value is -2.63. The number of amides is 1. The second-order valence-corrected chi connectivity index (χ2v) is 5.44. The van der Waals surface area contributed by atoms with E-state index in [2.05, 4.69) is 4.74 Å². The van der Waals surface area contributed by atoms with Gasteiger partial charge in [0.15, 0.2) is 0 Å². The number of benzene rings is 1. The van der Waals surface area contributed by atoms with E-state index in [1.54, 1.807) is 18.4 Å². The Kier molecular flexibility index (Phi) is 4.14. The van der Waals surface area contributed by atoms with Crippen molar-refractivity contribution in [3.05, 3.63) is 54.2 Å². The molecule has 1 fully saturated rings. The Labute approximate surface area is 132 Å². The number of nitrogens with zero attached hydrogens (tertiary/aromatic N) is 1. The number of hydrogen-bond donors (Lipinski definition) is 0. The summed E-state index contributed by atoms with van der Waals surface area (Å²) in [7, 11) is 1.25. The second kappa shape index (κ2) is 6.24. The first-order chi connectivity index (χ1) is 11.1. The average molecular weight is 317 g/mol. The van der Waals surface area contributed by atoms with Crippen molar-refractivity contribution in [2.45, 2.75) is 12.3 Å². The van der Waals surface area contributed by atoms with Crippen LogP contribution in [0, 0.1) is 11.7 Å². The number of rotatable bonds is 5. The molecule has 1 amide bonds. The van der Waals surface area contributed by atoms with Gasteiger partial charge in [0.2, 0.25) is 5.91 Å². The summed E-state index contributed by atoms with van der Waals surface area (Å²) in [5.41, 5.74) is 0.338. The van der Waals surface area contributed by atoms with E-state index in [0.29, 0.717) is 12.1 Å². The number of methoxy groups -OCH3 is 1. The molecule has 0 spiro atoms. The van der Waals surface area contributed by atoms with E-state index in [9.17, 15) is 14.0 Å². The quantitative estimate of drug-likeness (QED) is 0.796. The number of halogens is 1. The van der Waals surface area contributed by atoms with Gasteiger partial charge < -0.3 is 14.1 Å². The van der Waals surface area contributed by atoms with Gasteiger partial charge in [-0.1, -0.05) is 6.07 Å².